The number of benzene rings is 2. The average Bonchev–Trinajstić information content (AvgIpc) is 2.99. The Morgan fingerprint density at radius 3 is 2.55 bits per heavy atom. The van der Waals surface area contributed by atoms with Crippen LogP contribution in [0.15, 0.2) is 47.4 Å². The topological polar surface area (TPSA) is 122 Å². The number of amides is 1. The fraction of sp³-hybridized carbons (Fsp3) is 0.150. The van der Waals surface area contributed by atoms with E-state index in [1.54, 1.807) is 36.4 Å². The molecule has 31 heavy (non-hydrogen) atoms. The monoisotopic (exact) mass is 459 g/mol. The number of non-ortho nitro benzene ring substituents is 1. The first-order valence-corrected chi connectivity index (χ1v) is 10.0. The number of nitro benzene ring substituents is 1. The number of methoxy groups -OCH3 is 1. The largest absolute Gasteiger partial charge is 0.548 e. The van der Waals surface area contributed by atoms with E-state index < -0.39 is 23.3 Å². The summed E-state index contributed by atoms with van der Waals surface area (Å²) in [5, 5.41) is 21.5. The zero-order valence-corrected chi connectivity index (χ0v) is 17.7. The van der Waals surface area contributed by atoms with E-state index in [9.17, 15) is 24.8 Å². The molecule has 2 aromatic rings. The van der Waals surface area contributed by atoms with E-state index in [2.05, 4.69) is 0 Å². The first-order chi connectivity index (χ1) is 14.8. The summed E-state index contributed by atoms with van der Waals surface area (Å²) in [5.41, 5.74) is 1.37. The van der Waals surface area contributed by atoms with E-state index in [0.29, 0.717) is 17.1 Å². The number of carbonyl (C=O) groups excluding carboxylic acids is 2. The van der Waals surface area contributed by atoms with Gasteiger partial charge in [-0.15, -0.1) is 0 Å². The molecule has 2 aromatic carbocycles. The van der Waals surface area contributed by atoms with Crippen molar-refractivity contribution in [3.05, 3.63) is 68.6 Å². The maximum atomic E-state index is 12.4. The lowest BCUT2D eigenvalue weighted by atomic mass is 10.1. The summed E-state index contributed by atoms with van der Waals surface area (Å²) < 4.78 is 11.3. The Morgan fingerprint density at radius 1 is 1.23 bits per heavy atom. The number of aliphatic carboxylic acids is 1. The molecule has 0 radical (unpaired) electrons. The summed E-state index contributed by atoms with van der Waals surface area (Å²) in [6, 6.07) is 11.0. The first-order valence-electron chi connectivity index (χ1n) is 8.78. The van der Waals surface area contributed by atoms with Crippen LogP contribution in [-0.2, 0) is 16.2 Å². The van der Waals surface area contributed by atoms with Gasteiger partial charge in [-0.1, -0.05) is 30.0 Å². The first kappa shape index (κ1) is 22.2. The molecule has 1 heterocycles. The number of rotatable bonds is 8. The summed E-state index contributed by atoms with van der Waals surface area (Å²) >= 11 is 6.06. The molecule has 0 spiro atoms. The third-order valence-electron chi connectivity index (χ3n) is 4.19. The highest BCUT2D eigenvalue weighted by Gasteiger charge is 2.31. The van der Waals surface area contributed by atoms with Gasteiger partial charge in [0.2, 0.25) is 0 Å². The summed E-state index contributed by atoms with van der Waals surface area (Å²) in [6.45, 7) is -0.420. The number of nitrogens with zero attached hydrogens (tertiary/aromatic N) is 2. The van der Waals surface area contributed by atoms with Gasteiger partial charge in [-0.2, -0.15) is 0 Å². The summed E-state index contributed by atoms with van der Waals surface area (Å²) in [7, 11) is 1.47. The maximum absolute atomic E-state index is 12.4. The fourth-order valence-corrected chi connectivity index (χ4v) is 3.94. The number of carboxylic acids is 1. The molecule has 1 aliphatic rings. The number of carbonyl (C=O) groups is 2. The SMILES string of the molecule is COc1cc(/C=C2/SC(=S)N(CC(=O)[O-])C2=O)ccc1OCc1ccc([N+](=O)[O-])cc1. The third kappa shape index (κ3) is 5.38. The van der Waals surface area contributed by atoms with Crippen LogP contribution in [0.2, 0.25) is 0 Å². The van der Waals surface area contributed by atoms with E-state index >= 15 is 0 Å². The lowest BCUT2D eigenvalue weighted by molar-refractivity contribution is -0.384. The Bertz CT molecular complexity index is 1080. The van der Waals surface area contributed by atoms with E-state index in [1.807, 2.05) is 0 Å². The maximum Gasteiger partial charge on any atom is 0.269 e. The minimum atomic E-state index is -1.39. The van der Waals surface area contributed by atoms with Gasteiger partial charge in [0.15, 0.2) is 11.5 Å². The van der Waals surface area contributed by atoms with Gasteiger partial charge < -0.3 is 19.4 Å². The molecule has 0 N–H and O–H groups in total. The van der Waals surface area contributed by atoms with Crippen molar-refractivity contribution in [1.29, 1.82) is 0 Å². The fourth-order valence-electron chi connectivity index (χ4n) is 2.68. The predicted molar refractivity (Wildman–Crippen MR) is 115 cm³/mol. The molecule has 0 bridgehead atoms. The second-order valence-corrected chi connectivity index (χ2v) is 7.94. The highest BCUT2D eigenvalue weighted by molar-refractivity contribution is 8.26. The molecule has 1 aliphatic heterocycles. The Kier molecular flexibility index (Phi) is 6.88. The lowest BCUT2D eigenvalue weighted by Crippen LogP contribution is -2.40. The van der Waals surface area contributed by atoms with E-state index in [-0.39, 0.29) is 21.5 Å². The molecule has 0 atom stereocenters. The minimum Gasteiger partial charge on any atom is -0.548 e. The molecule has 0 saturated carbocycles. The molecule has 1 saturated heterocycles. The minimum absolute atomic E-state index is 0.00397. The third-order valence-corrected chi connectivity index (χ3v) is 5.57. The zero-order chi connectivity index (χ0) is 22.5. The van der Waals surface area contributed by atoms with Gasteiger partial charge in [0.1, 0.15) is 10.9 Å². The average molecular weight is 459 g/mol. The number of carboxylic acid groups (broad SMARTS) is 1. The van der Waals surface area contributed by atoms with Crippen molar-refractivity contribution in [1.82, 2.24) is 4.90 Å². The van der Waals surface area contributed by atoms with Crippen LogP contribution in [0.4, 0.5) is 5.69 Å². The molecular formula is C20H15N2O7S2-. The van der Waals surface area contributed by atoms with Crippen LogP contribution in [0.1, 0.15) is 11.1 Å². The van der Waals surface area contributed by atoms with Crippen molar-refractivity contribution in [2.45, 2.75) is 6.61 Å². The Hall–Kier alpha value is -3.44. The quantitative estimate of drug-likeness (QED) is 0.253. The number of nitro groups is 1. The Balaban J connectivity index is 1.73. The molecule has 1 fully saturated rings. The molecule has 3 rings (SSSR count). The van der Waals surface area contributed by atoms with Crippen molar-refractivity contribution < 1.29 is 29.1 Å². The smallest absolute Gasteiger partial charge is 0.269 e. The predicted octanol–water partition coefficient (Wildman–Crippen LogP) is 2.13. The van der Waals surface area contributed by atoms with Crippen LogP contribution in [0.5, 0.6) is 11.5 Å². The second-order valence-electron chi connectivity index (χ2n) is 6.26. The summed E-state index contributed by atoms with van der Waals surface area (Å²) in [4.78, 5) is 34.7. The van der Waals surface area contributed by atoms with Crippen molar-refractivity contribution in [3.8, 4) is 11.5 Å². The lowest BCUT2D eigenvalue weighted by Gasteiger charge is -2.14. The number of hydrogen-bond acceptors (Lipinski definition) is 9. The van der Waals surface area contributed by atoms with Gasteiger partial charge >= 0.3 is 0 Å². The number of thioether (sulfide) groups is 1. The van der Waals surface area contributed by atoms with Crippen LogP contribution in [0.3, 0.4) is 0 Å². The number of ether oxygens (including phenoxy) is 2. The van der Waals surface area contributed by atoms with E-state index in [0.717, 1.165) is 22.2 Å². The van der Waals surface area contributed by atoms with Gasteiger partial charge in [0.05, 0.1) is 29.5 Å². The van der Waals surface area contributed by atoms with Gasteiger partial charge in [-0.25, -0.2) is 0 Å². The number of thiocarbonyl (C=S) groups is 1. The molecule has 0 unspecified atom stereocenters. The van der Waals surface area contributed by atoms with Gasteiger partial charge in [0.25, 0.3) is 11.6 Å². The van der Waals surface area contributed by atoms with E-state index in [4.69, 9.17) is 21.7 Å². The summed E-state index contributed by atoms with van der Waals surface area (Å²) in [5.74, 6) is -1.03. The molecule has 0 aromatic heterocycles. The molecule has 160 valence electrons. The zero-order valence-electron chi connectivity index (χ0n) is 16.1. The highest BCUT2D eigenvalue weighted by atomic mass is 32.2. The van der Waals surface area contributed by atoms with Crippen molar-refractivity contribution in [2.24, 2.45) is 0 Å². The van der Waals surface area contributed by atoms with Crippen molar-refractivity contribution in [2.75, 3.05) is 13.7 Å². The number of hydrogen-bond donors (Lipinski definition) is 0. The molecule has 9 nitrogen and oxygen atoms in total. The van der Waals surface area contributed by atoms with Gasteiger partial charge in [-0.05, 0) is 41.5 Å². The van der Waals surface area contributed by atoms with Gasteiger partial charge in [0, 0.05) is 12.1 Å². The van der Waals surface area contributed by atoms with Crippen LogP contribution < -0.4 is 14.6 Å². The molecule has 1 amide bonds. The Morgan fingerprint density at radius 2 is 1.94 bits per heavy atom. The van der Waals surface area contributed by atoms with Crippen LogP contribution in [-0.4, -0.2) is 39.7 Å². The van der Waals surface area contributed by atoms with Crippen LogP contribution in [0.25, 0.3) is 6.08 Å². The van der Waals surface area contributed by atoms with E-state index in [1.165, 1.54) is 19.2 Å². The van der Waals surface area contributed by atoms with Crippen molar-refractivity contribution in [3.63, 3.8) is 0 Å². The van der Waals surface area contributed by atoms with Crippen molar-refractivity contribution >= 4 is 51.9 Å². The standard InChI is InChI=1S/C20H16N2O7S2/c1-28-16-8-13(9-17-19(25)21(10-18(23)24)20(30)31-17)4-7-15(16)29-11-12-2-5-14(6-3-12)22(26)27/h2-9H,10-11H2,1H3,(H,23,24)/p-1/b17-9+. The molecular weight excluding hydrogens is 444 g/mol. The molecule has 0 aliphatic carbocycles. The van der Waals surface area contributed by atoms with Gasteiger partial charge in [-0.3, -0.25) is 19.8 Å². The van der Waals surface area contributed by atoms with Crippen LogP contribution >= 0.6 is 24.0 Å². The highest BCUT2D eigenvalue weighted by Crippen LogP contribution is 2.34. The van der Waals surface area contributed by atoms with Crippen LogP contribution in [0, 0.1) is 10.1 Å². The second kappa shape index (κ2) is 9.58. The molecule has 11 heteroatoms. The Labute approximate surface area is 186 Å². The summed E-state index contributed by atoms with van der Waals surface area (Å²) in [6.07, 6.45) is 1.58. The normalized spacial score (nSPS) is 14.7.